The van der Waals surface area contributed by atoms with Gasteiger partial charge in [0.15, 0.2) is 5.78 Å². The van der Waals surface area contributed by atoms with Crippen LogP contribution < -0.4 is 0 Å². The monoisotopic (exact) mass is 392 g/mol. The predicted octanol–water partition coefficient (Wildman–Crippen LogP) is 7.77. The van der Waals surface area contributed by atoms with Crippen molar-refractivity contribution in [2.24, 2.45) is 0 Å². The fourth-order valence-corrected chi connectivity index (χ4v) is 3.93. The van der Waals surface area contributed by atoms with E-state index in [9.17, 15) is 4.79 Å². The van der Waals surface area contributed by atoms with Crippen molar-refractivity contribution in [1.82, 2.24) is 9.55 Å². The summed E-state index contributed by atoms with van der Waals surface area (Å²) in [7, 11) is 0. The van der Waals surface area contributed by atoms with Crippen LogP contribution >= 0.6 is 0 Å². The molecule has 156 valence electrons. The third-order valence-electron chi connectivity index (χ3n) is 5.35. The van der Waals surface area contributed by atoms with Crippen molar-refractivity contribution in [2.75, 3.05) is 0 Å². The smallest absolute Gasteiger partial charge is 0.159 e. The molecule has 2 aromatic carbocycles. The summed E-state index contributed by atoms with van der Waals surface area (Å²) in [4.78, 5) is 16.7. The van der Waals surface area contributed by atoms with Crippen molar-refractivity contribution >= 4 is 16.8 Å². The van der Waals surface area contributed by atoms with Crippen LogP contribution in [0.15, 0.2) is 42.5 Å². The van der Waals surface area contributed by atoms with Gasteiger partial charge in [-0.2, -0.15) is 0 Å². The topological polar surface area (TPSA) is 34.9 Å². The average Bonchev–Trinajstić information content (AvgIpc) is 3.16. The summed E-state index contributed by atoms with van der Waals surface area (Å²) in [5, 5.41) is 0. The Labute approximate surface area is 176 Å². The van der Waals surface area contributed by atoms with E-state index in [0.29, 0.717) is 6.04 Å². The second-order valence-electron chi connectivity index (χ2n) is 7.22. The highest BCUT2D eigenvalue weighted by atomic mass is 16.1. The van der Waals surface area contributed by atoms with Gasteiger partial charge >= 0.3 is 0 Å². The van der Waals surface area contributed by atoms with E-state index in [-0.39, 0.29) is 5.78 Å². The van der Waals surface area contributed by atoms with E-state index in [1.54, 1.807) is 6.92 Å². The van der Waals surface area contributed by atoms with E-state index in [1.807, 2.05) is 39.8 Å². The lowest BCUT2D eigenvalue weighted by atomic mass is 9.94. The van der Waals surface area contributed by atoms with Crippen LogP contribution in [0.3, 0.4) is 0 Å². The van der Waals surface area contributed by atoms with Gasteiger partial charge in [0, 0.05) is 17.2 Å². The maximum atomic E-state index is 11.8. The number of hydrogen-bond donors (Lipinski definition) is 0. The maximum Gasteiger partial charge on any atom is 0.159 e. The van der Waals surface area contributed by atoms with Gasteiger partial charge in [0.2, 0.25) is 0 Å². The lowest BCUT2D eigenvalue weighted by molar-refractivity contribution is 0.101. The van der Waals surface area contributed by atoms with Crippen molar-refractivity contribution in [3.8, 4) is 11.4 Å². The molecule has 1 fully saturated rings. The number of rotatable bonds is 3. The van der Waals surface area contributed by atoms with Crippen LogP contribution in [-0.2, 0) is 0 Å². The average molecular weight is 393 g/mol. The minimum Gasteiger partial charge on any atom is -0.321 e. The van der Waals surface area contributed by atoms with Crippen molar-refractivity contribution in [2.45, 2.75) is 79.7 Å². The quantitative estimate of drug-likeness (QED) is 0.427. The lowest BCUT2D eigenvalue weighted by Crippen LogP contribution is -2.14. The van der Waals surface area contributed by atoms with E-state index in [0.717, 1.165) is 28.0 Å². The van der Waals surface area contributed by atoms with Gasteiger partial charge in [-0.25, -0.2) is 4.98 Å². The largest absolute Gasteiger partial charge is 0.321 e. The van der Waals surface area contributed by atoms with Gasteiger partial charge in [-0.05, 0) is 44.9 Å². The van der Waals surface area contributed by atoms with E-state index in [4.69, 9.17) is 4.98 Å². The fraction of sp³-hybridized carbons (Fsp3) is 0.462. The molecule has 1 aromatic heterocycles. The van der Waals surface area contributed by atoms with Crippen LogP contribution in [0.4, 0.5) is 0 Å². The minimum absolute atomic E-state index is 0.0889. The summed E-state index contributed by atoms with van der Waals surface area (Å²) >= 11 is 0. The first-order valence-electron chi connectivity index (χ1n) is 11.2. The molecule has 1 saturated carbocycles. The summed E-state index contributed by atoms with van der Waals surface area (Å²) < 4.78 is 2.42. The Morgan fingerprint density at radius 2 is 1.55 bits per heavy atom. The van der Waals surface area contributed by atoms with Crippen molar-refractivity contribution in [3.63, 3.8) is 0 Å². The standard InChI is InChI=1S/C22H24N2O.2C2H6/c1-15-8-10-17(11-9-15)22-23-20-14-18(16(2)25)12-13-21(20)24(22)19-6-4-3-5-7-19;2*1-2/h8-14,19H,3-7H2,1-2H3;2*1-2H3. The number of Topliss-reactive ketones (excluding diaryl/α,β-unsaturated/α-hetero) is 1. The number of carbonyl (C=O) groups is 1. The first-order chi connectivity index (χ1) is 14.1. The molecule has 0 saturated heterocycles. The third-order valence-corrected chi connectivity index (χ3v) is 5.35. The molecule has 29 heavy (non-hydrogen) atoms. The first-order valence-corrected chi connectivity index (χ1v) is 11.2. The summed E-state index contributed by atoms with van der Waals surface area (Å²) in [6, 6.07) is 15.0. The number of aryl methyl sites for hydroxylation is 1. The first kappa shape index (κ1) is 22.9. The van der Waals surface area contributed by atoms with Gasteiger partial charge in [0.25, 0.3) is 0 Å². The van der Waals surface area contributed by atoms with Crippen molar-refractivity contribution < 1.29 is 4.79 Å². The molecule has 0 aliphatic heterocycles. The zero-order chi connectivity index (χ0) is 21.4. The van der Waals surface area contributed by atoms with E-state index in [2.05, 4.69) is 41.8 Å². The van der Waals surface area contributed by atoms with Gasteiger partial charge in [-0.3, -0.25) is 4.79 Å². The number of nitrogens with zero attached hydrogens (tertiary/aromatic N) is 2. The minimum atomic E-state index is 0.0889. The molecule has 1 heterocycles. The molecule has 3 heteroatoms. The number of ketones is 1. The molecule has 0 N–H and O–H groups in total. The second kappa shape index (κ2) is 10.9. The Kier molecular flexibility index (Phi) is 8.63. The Hall–Kier alpha value is -2.42. The molecule has 0 amide bonds. The van der Waals surface area contributed by atoms with Gasteiger partial charge in [0.1, 0.15) is 5.82 Å². The summed E-state index contributed by atoms with van der Waals surface area (Å²) in [5.41, 5.74) is 5.21. The van der Waals surface area contributed by atoms with Crippen LogP contribution in [0.5, 0.6) is 0 Å². The Balaban J connectivity index is 0.000000707. The van der Waals surface area contributed by atoms with Crippen molar-refractivity contribution in [3.05, 3.63) is 53.6 Å². The third kappa shape index (κ3) is 5.14. The molecule has 0 atom stereocenters. The normalized spacial score (nSPS) is 13.9. The highest BCUT2D eigenvalue weighted by Crippen LogP contribution is 2.36. The van der Waals surface area contributed by atoms with Gasteiger partial charge in [0.05, 0.1) is 11.0 Å². The van der Waals surface area contributed by atoms with E-state index < -0.39 is 0 Å². The Morgan fingerprint density at radius 3 is 2.14 bits per heavy atom. The number of benzene rings is 2. The zero-order valence-corrected chi connectivity index (χ0v) is 19.0. The lowest BCUT2D eigenvalue weighted by Gasteiger charge is -2.25. The van der Waals surface area contributed by atoms with E-state index in [1.165, 1.54) is 37.7 Å². The molecular weight excluding hydrogens is 356 g/mol. The molecule has 1 aliphatic rings. The molecular formula is C26H36N2O. The molecule has 4 rings (SSSR count). The van der Waals surface area contributed by atoms with Crippen LogP contribution in [-0.4, -0.2) is 15.3 Å². The maximum absolute atomic E-state index is 11.8. The molecule has 0 radical (unpaired) electrons. The predicted molar refractivity (Wildman–Crippen MR) is 125 cm³/mol. The van der Waals surface area contributed by atoms with E-state index >= 15 is 0 Å². The molecule has 0 unspecified atom stereocenters. The van der Waals surface area contributed by atoms with Gasteiger partial charge < -0.3 is 4.57 Å². The second-order valence-corrected chi connectivity index (χ2v) is 7.22. The highest BCUT2D eigenvalue weighted by Gasteiger charge is 2.22. The molecule has 0 spiro atoms. The number of hydrogen-bond acceptors (Lipinski definition) is 2. The Morgan fingerprint density at radius 1 is 0.931 bits per heavy atom. The van der Waals surface area contributed by atoms with Gasteiger partial charge in [-0.1, -0.05) is 76.8 Å². The van der Waals surface area contributed by atoms with Gasteiger partial charge in [-0.15, -0.1) is 0 Å². The van der Waals surface area contributed by atoms with Crippen molar-refractivity contribution in [1.29, 1.82) is 0 Å². The molecule has 0 bridgehead atoms. The summed E-state index contributed by atoms with van der Waals surface area (Å²) in [6.45, 7) is 11.7. The van der Waals surface area contributed by atoms with Crippen LogP contribution in [0, 0.1) is 6.92 Å². The van der Waals surface area contributed by atoms with Crippen LogP contribution in [0.2, 0.25) is 0 Å². The number of imidazole rings is 1. The molecule has 1 aliphatic carbocycles. The number of carbonyl (C=O) groups excluding carboxylic acids is 1. The highest BCUT2D eigenvalue weighted by molar-refractivity contribution is 5.97. The number of aromatic nitrogens is 2. The summed E-state index contributed by atoms with van der Waals surface area (Å²) in [6.07, 6.45) is 6.31. The molecule has 3 nitrogen and oxygen atoms in total. The zero-order valence-electron chi connectivity index (χ0n) is 19.0. The molecule has 3 aromatic rings. The Bertz CT molecular complexity index is 916. The SMILES string of the molecule is CC.CC.CC(=O)c1ccc2c(c1)nc(-c1ccc(C)cc1)n2C1CCCCC1. The van der Waals surface area contributed by atoms with Crippen LogP contribution in [0.1, 0.15) is 88.7 Å². The van der Waals surface area contributed by atoms with Crippen LogP contribution in [0.25, 0.3) is 22.4 Å². The fourth-order valence-electron chi connectivity index (χ4n) is 3.93. The number of fused-ring (bicyclic) bond motifs is 1. The summed E-state index contributed by atoms with van der Waals surface area (Å²) in [5.74, 6) is 1.12.